The fourth-order valence-electron chi connectivity index (χ4n) is 2.89. The Morgan fingerprint density at radius 3 is 1.96 bits per heavy atom. The molecule has 0 bridgehead atoms. The van der Waals surface area contributed by atoms with Gasteiger partial charge in [-0.3, -0.25) is 9.97 Å². The van der Waals surface area contributed by atoms with Gasteiger partial charge in [0.2, 0.25) is 0 Å². The number of nitriles is 1. The predicted octanol–water partition coefficient (Wildman–Crippen LogP) is 3.80. The zero-order valence-electron chi connectivity index (χ0n) is 15.2. The fraction of sp³-hybridized carbons (Fsp3) is 0.350. The number of aliphatic hydroxyl groups is 1. The topological polar surface area (TPSA) is 86.9 Å². The molecule has 5 nitrogen and oxygen atoms in total. The summed E-state index contributed by atoms with van der Waals surface area (Å²) in [6.07, 6.45) is 6.42. The minimum atomic E-state index is -2.99. The van der Waals surface area contributed by atoms with Crippen molar-refractivity contribution in [3.63, 3.8) is 0 Å². The van der Waals surface area contributed by atoms with Crippen molar-refractivity contribution in [1.82, 2.24) is 9.97 Å². The van der Waals surface area contributed by atoms with E-state index in [9.17, 15) is 9.67 Å². The predicted molar refractivity (Wildman–Crippen MR) is 103 cm³/mol. The molecule has 0 aromatic carbocycles. The summed E-state index contributed by atoms with van der Waals surface area (Å²) in [7, 11) is -2.99. The summed E-state index contributed by atoms with van der Waals surface area (Å²) in [4.78, 5) is 8.57. The SMILES string of the molecule is CC(C)(O)/C(=C/C#N)P(=O)(CCc1ccccn1)CCc1ccccn1. The summed E-state index contributed by atoms with van der Waals surface area (Å²) in [5.41, 5.74) is 0.370. The highest BCUT2D eigenvalue weighted by atomic mass is 31.2. The highest BCUT2D eigenvalue weighted by Crippen LogP contribution is 2.58. The third kappa shape index (κ3) is 5.62. The van der Waals surface area contributed by atoms with Gasteiger partial charge in [-0.25, -0.2) is 0 Å². The van der Waals surface area contributed by atoms with Gasteiger partial charge in [0, 0.05) is 47.5 Å². The number of hydrogen-bond acceptors (Lipinski definition) is 5. The lowest BCUT2D eigenvalue weighted by molar-refractivity contribution is 0.127. The number of rotatable bonds is 8. The molecule has 0 atom stereocenters. The number of nitrogens with zero attached hydrogens (tertiary/aromatic N) is 3. The summed E-state index contributed by atoms with van der Waals surface area (Å²) < 4.78 is 13.9. The molecule has 2 heterocycles. The molecule has 136 valence electrons. The van der Waals surface area contributed by atoms with Crippen LogP contribution in [0.15, 0.2) is 60.2 Å². The quantitative estimate of drug-likeness (QED) is 0.565. The van der Waals surface area contributed by atoms with Crippen LogP contribution in [0.1, 0.15) is 25.2 Å². The van der Waals surface area contributed by atoms with Crippen molar-refractivity contribution in [3.05, 3.63) is 71.6 Å². The summed E-state index contributed by atoms with van der Waals surface area (Å²) in [5, 5.41) is 20.0. The molecule has 6 heteroatoms. The number of aryl methyl sites for hydroxylation is 2. The van der Waals surface area contributed by atoms with Crippen molar-refractivity contribution in [3.8, 4) is 6.07 Å². The molecule has 0 aliphatic rings. The van der Waals surface area contributed by atoms with E-state index < -0.39 is 12.7 Å². The number of aromatic nitrogens is 2. The summed E-state index contributed by atoms with van der Waals surface area (Å²) in [6.45, 7) is 3.15. The second-order valence-corrected chi connectivity index (χ2v) is 9.85. The molecule has 0 saturated carbocycles. The van der Waals surface area contributed by atoms with E-state index in [1.165, 1.54) is 6.08 Å². The zero-order chi connectivity index (χ0) is 19.0. The molecule has 0 spiro atoms. The summed E-state index contributed by atoms with van der Waals surface area (Å²) in [5.74, 6) is 0. The zero-order valence-corrected chi connectivity index (χ0v) is 16.1. The van der Waals surface area contributed by atoms with E-state index in [1.807, 2.05) is 42.5 Å². The van der Waals surface area contributed by atoms with E-state index in [-0.39, 0.29) is 0 Å². The van der Waals surface area contributed by atoms with Crippen molar-refractivity contribution in [1.29, 1.82) is 5.26 Å². The van der Waals surface area contributed by atoms with E-state index in [0.717, 1.165) is 11.4 Å². The average molecular weight is 369 g/mol. The Labute approximate surface area is 154 Å². The first-order chi connectivity index (χ1) is 12.3. The van der Waals surface area contributed by atoms with Gasteiger partial charge >= 0.3 is 0 Å². The highest BCUT2D eigenvalue weighted by molar-refractivity contribution is 7.68. The van der Waals surface area contributed by atoms with Crippen molar-refractivity contribution >= 4 is 7.14 Å². The lowest BCUT2D eigenvalue weighted by Crippen LogP contribution is -2.24. The maximum Gasteiger partial charge on any atom is 0.116 e. The number of hydrogen-bond donors (Lipinski definition) is 1. The molecule has 0 amide bonds. The van der Waals surface area contributed by atoms with E-state index in [1.54, 1.807) is 26.2 Å². The molecule has 0 fully saturated rings. The smallest absolute Gasteiger partial charge is 0.116 e. The molecule has 1 N–H and O–H groups in total. The van der Waals surface area contributed by atoms with Gasteiger partial charge in [0.05, 0.1) is 11.7 Å². The summed E-state index contributed by atoms with van der Waals surface area (Å²) >= 11 is 0. The van der Waals surface area contributed by atoms with Gasteiger partial charge in [0.1, 0.15) is 7.14 Å². The lowest BCUT2D eigenvalue weighted by Gasteiger charge is -2.29. The van der Waals surface area contributed by atoms with Gasteiger partial charge < -0.3 is 9.67 Å². The number of pyridine rings is 2. The third-order valence-electron chi connectivity index (χ3n) is 4.18. The Kier molecular flexibility index (Phi) is 6.85. The van der Waals surface area contributed by atoms with Crippen LogP contribution in [-0.2, 0) is 17.4 Å². The Bertz CT molecular complexity index is 774. The normalized spacial score (nSPS) is 12.6. The molecule has 0 saturated heterocycles. The Morgan fingerprint density at radius 1 is 1.12 bits per heavy atom. The van der Waals surface area contributed by atoms with Crippen molar-refractivity contribution < 1.29 is 9.67 Å². The van der Waals surface area contributed by atoms with Crippen molar-refractivity contribution in [2.75, 3.05) is 12.3 Å². The Balaban J connectivity index is 2.28. The van der Waals surface area contributed by atoms with Crippen LogP contribution in [-0.4, -0.2) is 33.0 Å². The molecule has 0 aliphatic carbocycles. The van der Waals surface area contributed by atoms with Crippen LogP contribution in [0.2, 0.25) is 0 Å². The monoisotopic (exact) mass is 369 g/mol. The molecule has 2 rings (SSSR count). The van der Waals surface area contributed by atoms with E-state index in [4.69, 9.17) is 5.26 Å². The van der Waals surface area contributed by atoms with E-state index in [2.05, 4.69) is 9.97 Å². The molecule has 0 radical (unpaired) electrons. The maximum atomic E-state index is 13.9. The van der Waals surface area contributed by atoms with Crippen LogP contribution >= 0.6 is 7.14 Å². The second kappa shape index (κ2) is 8.89. The minimum Gasteiger partial charge on any atom is -0.386 e. The molecule has 0 aliphatic heterocycles. The van der Waals surface area contributed by atoms with Gasteiger partial charge in [-0.05, 0) is 51.0 Å². The van der Waals surface area contributed by atoms with Crippen molar-refractivity contribution in [2.45, 2.75) is 32.3 Å². The average Bonchev–Trinajstić information content (AvgIpc) is 2.64. The van der Waals surface area contributed by atoms with Gasteiger partial charge in [-0.2, -0.15) is 5.26 Å². The largest absolute Gasteiger partial charge is 0.386 e. The molecule has 2 aromatic heterocycles. The molecule has 2 aromatic rings. The first-order valence-electron chi connectivity index (χ1n) is 8.56. The standard InChI is InChI=1S/C20H24N3O2P/c1-20(2,24)19(9-12-21)26(25,15-10-17-7-3-5-13-22-17)16-11-18-8-4-6-14-23-18/h3-9,13-14,24H,10-11,15-16H2,1-2H3/b19-9-. The first-order valence-corrected chi connectivity index (χ1v) is 10.6. The molecule has 26 heavy (non-hydrogen) atoms. The lowest BCUT2D eigenvalue weighted by atomic mass is 10.1. The van der Waals surface area contributed by atoms with Crippen molar-refractivity contribution in [2.24, 2.45) is 0 Å². The first kappa shape index (κ1) is 20.0. The second-order valence-electron chi connectivity index (χ2n) is 6.70. The van der Waals surface area contributed by atoms with Gasteiger partial charge in [-0.15, -0.1) is 0 Å². The minimum absolute atomic E-state index is 0.319. The van der Waals surface area contributed by atoms with Gasteiger partial charge in [-0.1, -0.05) is 12.1 Å². The van der Waals surface area contributed by atoms with Crippen LogP contribution in [0.5, 0.6) is 0 Å². The summed E-state index contributed by atoms with van der Waals surface area (Å²) in [6, 6.07) is 13.2. The van der Waals surface area contributed by atoms with Gasteiger partial charge in [0.25, 0.3) is 0 Å². The fourth-order valence-corrected chi connectivity index (χ4v) is 6.07. The maximum absolute atomic E-state index is 13.9. The Morgan fingerprint density at radius 2 is 1.62 bits per heavy atom. The van der Waals surface area contributed by atoms with Crippen LogP contribution < -0.4 is 0 Å². The third-order valence-corrected chi connectivity index (χ3v) is 7.62. The van der Waals surface area contributed by atoms with E-state index >= 15 is 0 Å². The number of allylic oxidation sites excluding steroid dienone is 1. The van der Waals surface area contributed by atoms with Crippen LogP contribution in [0.3, 0.4) is 0 Å². The molecule has 0 unspecified atom stereocenters. The van der Waals surface area contributed by atoms with Crippen LogP contribution in [0.25, 0.3) is 0 Å². The highest BCUT2D eigenvalue weighted by Gasteiger charge is 2.36. The van der Waals surface area contributed by atoms with Gasteiger partial charge in [0.15, 0.2) is 0 Å². The van der Waals surface area contributed by atoms with Crippen LogP contribution in [0, 0.1) is 11.3 Å². The molecular weight excluding hydrogens is 345 g/mol. The Hall–Kier alpha value is -2.28. The molecular formula is C20H24N3O2P. The van der Waals surface area contributed by atoms with E-state index in [0.29, 0.717) is 30.5 Å². The van der Waals surface area contributed by atoms with Crippen LogP contribution in [0.4, 0.5) is 0 Å².